The molecule has 0 fully saturated rings. The van der Waals surface area contributed by atoms with Gasteiger partial charge >= 0.3 is 11.9 Å². The lowest BCUT2D eigenvalue weighted by atomic mass is 10.0. The molecule has 2 rings (SSSR count). The van der Waals surface area contributed by atoms with Crippen molar-refractivity contribution in [1.82, 2.24) is 20.9 Å². The van der Waals surface area contributed by atoms with Gasteiger partial charge in [0.1, 0.15) is 18.1 Å². The van der Waals surface area contributed by atoms with Gasteiger partial charge in [-0.3, -0.25) is 19.2 Å². The van der Waals surface area contributed by atoms with Crippen LogP contribution >= 0.6 is 12.6 Å². The van der Waals surface area contributed by atoms with Crippen LogP contribution < -0.4 is 21.7 Å². The summed E-state index contributed by atoms with van der Waals surface area (Å²) in [5, 5.41) is 34.7. The molecule has 3 amide bonds. The SMILES string of the molecule is NC(Cc1c[nH]c2ccccc12)C(=O)NC(CS)C(=O)NC(CO)C(=O)NC(CC(=O)O)C(=O)O. The van der Waals surface area contributed by atoms with E-state index in [1.807, 2.05) is 29.6 Å². The highest BCUT2D eigenvalue weighted by molar-refractivity contribution is 7.80. The normalized spacial score (nSPS) is 14.4. The highest BCUT2D eigenvalue weighted by Crippen LogP contribution is 2.18. The summed E-state index contributed by atoms with van der Waals surface area (Å²) in [6.07, 6.45) is 1.01. The Labute approximate surface area is 204 Å². The maximum Gasteiger partial charge on any atom is 0.326 e. The third kappa shape index (κ3) is 7.70. The van der Waals surface area contributed by atoms with E-state index in [2.05, 4.69) is 28.2 Å². The number of carbonyl (C=O) groups excluding carboxylic acids is 3. The number of nitrogens with two attached hydrogens (primary N) is 1. The zero-order valence-corrected chi connectivity index (χ0v) is 19.3. The summed E-state index contributed by atoms with van der Waals surface area (Å²) in [5.41, 5.74) is 7.70. The fourth-order valence-corrected chi connectivity index (χ4v) is 3.47. The predicted molar refractivity (Wildman–Crippen MR) is 127 cm³/mol. The number of rotatable bonds is 13. The number of aliphatic carboxylic acids is 2. The minimum absolute atomic E-state index is 0.173. The molecule has 1 aromatic carbocycles. The quantitative estimate of drug-likeness (QED) is 0.136. The summed E-state index contributed by atoms with van der Waals surface area (Å²) in [6.45, 7) is -0.912. The number of hydrogen-bond donors (Lipinski definition) is 9. The molecule has 0 saturated heterocycles. The van der Waals surface area contributed by atoms with Gasteiger partial charge in [0.2, 0.25) is 17.7 Å². The molecule has 0 radical (unpaired) electrons. The molecule has 0 spiro atoms. The molecular formula is C21H27N5O8S. The minimum Gasteiger partial charge on any atom is -0.481 e. The largest absolute Gasteiger partial charge is 0.481 e. The number of benzene rings is 1. The van der Waals surface area contributed by atoms with E-state index in [1.165, 1.54) is 0 Å². The van der Waals surface area contributed by atoms with Crippen LogP contribution in [0.1, 0.15) is 12.0 Å². The summed E-state index contributed by atoms with van der Waals surface area (Å²) in [4.78, 5) is 62.4. The summed E-state index contributed by atoms with van der Waals surface area (Å²) in [5.74, 6) is -5.89. The van der Waals surface area contributed by atoms with E-state index in [0.717, 1.165) is 16.5 Å². The Morgan fingerprint density at radius 3 is 2.14 bits per heavy atom. The third-order valence-corrected chi connectivity index (χ3v) is 5.44. The molecule has 13 nitrogen and oxygen atoms in total. The number of aliphatic hydroxyl groups is 1. The van der Waals surface area contributed by atoms with Crippen LogP contribution in [0.4, 0.5) is 0 Å². The molecule has 0 aliphatic heterocycles. The second kappa shape index (κ2) is 12.7. The molecule has 9 N–H and O–H groups in total. The van der Waals surface area contributed by atoms with Gasteiger partial charge in [-0.05, 0) is 18.1 Å². The number of thiol groups is 1. The first-order chi connectivity index (χ1) is 16.6. The van der Waals surface area contributed by atoms with Gasteiger partial charge in [0.05, 0.1) is 19.1 Å². The van der Waals surface area contributed by atoms with Crippen molar-refractivity contribution in [2.75, 3.05) is 12.4 Å². The van der Waals surface area contributed by atoms with Gasteiger partial charge in [-0.15, -0.1) is 0 Å². The molecule has 0 aliphatic rings. The lowest BCUT2D eigenvalue weighted by Gasteiger charge is -2.23. The fraction of sp³-hybridized carbons (Fsp3) is 0.381. The van der Waals surface area contributed by atoms with E-state index < -0.39 is 66.9 Å². The van der Waals surface area contributed by atoms with Crippen LogP contribution in [0.25, 0.3) is 10.9 Å². The molecule has 2 aromatic rings. The molecule has 14 heteroatoms. The van der Waals surface area contributed by atoms with Crippen molar-refractivity contribution < 1.29 is 39.3 Å². The van der Waals surface area contributed by atoms with E-state index in [9.17, 15) is 29.1 Å². The molecule has 190 valence electrons. The van der Waals surface area contributed by atoms with Crippen LogP contribution in [-0.4, -0.2) is 86.5 Å². The van der Waals surface area contributed by atoms with E-state index >= 15 is 0 Å². The van der Waals surface area contributed by atoms with Gasteiger partial charge in [-0.2, -0.15) is 12.6 Å². The lowest BCUT2D eigenvalue weighted by Crippen LogP contribution is -2.58. The number of fused-ring (bicyclic) bond motifs is 1. The number of aromatic nitrogens is 1. The molecule has 0 saturated carbocycles. The molecule has 1 heterocycles. The second-order valence-electron chi connectivity index (χ2n) is 7.65. The Morgan fingerprint density at radius 2 is 1.54 bits per heavy atom. The number of carboxylic acids is 2. The van der Waals surface area contributed by atoms with Gasteiger partial charge in [0.15, 0.2) is 0 Å². The first kappa shape index (κ1) is 27.6. The van der Waals surface area contributed by atoms with Crippen molar-refractivity contribution in [3.8, 4) is 0 Å². The number of carbonyl (C=O) groups is 5. The topological polar surface area (TPSA) is 224 Å². The highest BCUT2D eigenvalue weighted by atomic mass is 32.1. The van der Waals surface area contributed by atoms with E-state index in [0.29, 0.717) is 0 Å². The molecule has 1 aromatic heterocycles. The standard InChI is InChI=1S/C21H27N5O8S/c22-12(5-10-7-23-13-4-2-1-3-11(10)13)18(30)26-16(9-35)20(32)25-15(8-27)19(31)24-14(21(33)34)6-17(28)29/h1-4,7,12,14-16,23,27,35H,5-6,8-9,22H2,(H,24,31)(H,25,32)(H,26,30)(H,28,29)(H,33,34). The molecule has 4 unspecified atom stereocenters. The third-order valence-electron chi connectivity index (χ3n) is 5.08. The second-order valence-corrected chi connectivity index (χ2v) is 8.02. The Hall–Kier alpha value is -3.62. The number of para-hydroxylation sites is 1. The number of carboxylic acid groups (broad SMARTS) is 2. The number of aromatic amines is 1. The maximum atomic E-state index is 12.6. The zero-order valence-electron chi connectivity index (χ0n) is 18.4. The highest BCUT2D eigenvalue weighted by Gasteiger charge is 2.30. The number of amides is 3. The molecule has 0 aliphatic carbocycles. The molecule has 0 bridgehead atoms. The number of aliphatic hydroxyl groups excluding tert-OH is 1. The number of nitrogens with one attached hydrogen (secondary N) is 4. The van der Waals surface area contributed by atoms with Gasteiger partial charge in [-0.1, -0.05) is 18.2 Å². The molecular weight excluding hydrogens is 482 g/mol. The number of H-pyrrole nitrogens is 1. The fourth-order valence-electron chi connectivity index (χ4n) is 3.22. The summed E-state index contributed by atoms with van der Waals surface area (Å²) >= 11 is 4.03. The van der Waals surface area contributed by atoms with Crippen molar-refractivity contribution in [3.63, 3.8) is 0 Å². The van der Waals surface area contributed by atoms with Crippen molar-refractivity contribution in [1.29, 1.82) is 0 Å². The van der Waals surface area contributed by atoms with Crippen LogP contribution in [0, 0.1) is 0 Å². The van der Waals surface area contributed by atoms with E-state index in [4.69, 9.17) is 15.9 Å². The average molecular weight is 510 g/mol. The van der Waals surface area contributed by atoms with Crippen molar-refractivity contribution in [2.24, 2.45) is 5.73 Å². The molecule has 4 atom stereocenters. The smallest absolute Gasteiger partial charge is 0.326 e. The van der Waals surface area contributed by atoms with E-state index in [1.54, 1.807) is 6.20 Å². The van der Waals surface area contributed by atoms with Crippen LogP contribution in [0.5, 0.6) is 0 Å². The van der Waals surface area contributed by atoms with E-state index in [-0.39, 0.29) is 12.2 Å². The van der Waals surface area contributed by atoms with Crippen molar-refractivity contribution >= 4 is 53.2 Å². The van der Waals surface area contributed by atoms with Gasteiger partial charge in [0, 0.05) is 22.9 Å². The summed E-state index contributed by atoms with van der Waals surface area (Å²) in [7, 11) is 0. The van der Waals surface area contributed by atoms with Crippen LogP contribution in [0.15, 0.2) is 30.5 Å². The van der Waals surface area contributed by atoms with Crippen LogP contribution in [0.2, 0.25) is 0 Å². The summed E-state index contributed by atoms with van der Waals surface area (Å²) < 4.78 is 0. The first-order valence-electron chi connectivity index (χ1n) is 10.4. The minimum atomic E-state index is -1.77. The zero-order chi connectivity index (χ0) is 26.1. The first-order valence-corrected chi connectivity index (χ1v) is 11.1. The Balaban J connectivity index is 1.98. The summed E-state index contributed by atoms with van der Waals surface area (Å²) in [6, 6.07) is 1.86. The Kier molecular flexibility index (Phi) is 10.1. The van der Waals surface area contributed by atoms with Crippen molar-refractivity contribution in [2.45, 2.75) is 37.0 Å². The average Bonchev–Trinajstić information content (AvgIpc) is 3.22. The maximum absolute atomic E-state index is 12.6. The molecule has 35 heavy (non-hydrogen) atoms. The van der Waals surface area contributed by atoms with Gasteiger partial charge in [-0.25, -0.2) is 4.79 Å². The van der Waals surface area contributed by atoms with Crippen LogP contribution in [0.3, 0.4) is 0 Å². The predicted octanol–water partition coefficient (Wildman–Crippen LogP) is -2.03. The van der Waals surface area contributed by atoms with Crippen LogP contribution in [-0.2, 0) is 30.4 Å². The van der Waals surface area contributed by atoms with Gasteiger partial charge < -0.3 is 42.0 Å². The number of hydrogen-bond acceptors (Lipinski definition) is 8. The Morgan fingerprint density at radius 1 is 0.943 bits per heavy atom. The Bertz CT molecular complexity index is 1090. The lowest BCUT2D eigenvalue weighted by molar-refractivity contribution is -0.147. The van der Waals surface area contributed by atoms with Crippen molar-refractivity contribution in [3.05, 3.63) is 36.0 Å². The van der Waals surface area contributed by atoms with Gasteiger partial charge in [0.25, 0.3) is 0 Å². The monoisotopic (exact) mass is 509 g/mol.